The van der Waals surface area contributed by atoms with Gasteiger partial charge in [-0.25, -0.2) is 0 Å². The number of anilines is 2. The maximum Gasteiger partial charge on any atom is 0.236 e. The molecular weight excluding hydrogens is 398 g/mol. The van der Waals surface area contributed by atoms with Gasteiger partial charge in [0.2, 0.25) is 17.7 Å². The van der Waals surface area contributed by atoms with Crippen LogP contribution in [0, 0.1) is 6.92 Å². The van der Waals surface area contributed by atoms with Crippen LogP contribution in [-0.2, 0) is 9.59 Å². The van der Waals surface area contributed by atoms with Crippen molar-refractivity contribution in [1.29, 1.82) is 0 Å². The summed E-state index contributed by atoms with van der Waals surface area (Å²) in [5, 5.41) is 9.14. The molecule has 0 unspecified atom stereocenters. The number of benzene rings is 2. The van der Waals surface area contributed by atoms with Gasteiger partial charge in [-0.15, -0.1) is 0 Å². The lowest BCUT2D eigenvalue weighted by molar-refractivity contribution is -0.123. The average molecular weight is 414 g/mol. The van der Waals surface area contributed by atoms with E-state index >= 15 is 0 Å². The van der Waals surface area contributed by atoms with Gasteiger partial charge in [-0.1, -0.05) is 47.1 Å². The Morgan fingerprint density at radius 2 is 1.73 bits per heavy atom. The second-order valence-corrected chi connectivity index (χ2v) is 6.55. The van der Waals surface area contributed by atoms with Crippen molar-refractivity contribution in [2.75, 3.05) is 10.6 Å². The molecule has 2 amide bonds. The summed E-state index contributed by atoms with van der Waals surface area (Å²) in [4.78, 5) is 24.0. The third kappa shape index (κ3) is 4.58. The minimum atomic E-state index is -0.485. The van der Waals surface area contributed by atoms with Crippen LogP contribution in [0.2, 0.25) is 0 Å². The fourth-order valence-corrected chi connectivity index (χ4v) is 2.66. The molecule has 0 aliphatic rings. The molecule has 0 saturated carbocycles. The molecule has 6 nitrogen and oxygen atoms in total. The van der Waals surface area contributed by atoms with Gasteiger partial charge in [0.05, 0.1) is 5.69 Å². The number of rotatable bonds is 5. The average Bonchev–Trinajstić information content (AvgIpc) is 3.05. The number of hydrogen-bond acceptors (Lipinski definition) is 4. The molecule has 1 heterocycles. The molecule has 0 aliphatic heterocycles. The summed E-state index contributed by atoms with van der Waals surface area (Å²) < 4.78 is 5.86. The molecule has 2 aromatic carbocycles. The molecule has 3 rings (SSSR count). The topological polar surface area (TPSA) is 84.2 Å². The minimum Gasteiger partial charge on any atom is -0.338 e. The molecular formula is C19H16BrN3O3. The standard InChI is InChI=1S/C19H16BrN3O3/c1-12-6-8-13(9-7-12)16-10-19(26-23-16)22-18(25)11-17(24)21-15-5-3-2-4-14(15)20/h2-10H,11H2,1H3,(H,21,24)(H,22,25). The van der Waals surface area contributed by atoms with Gasteiger partial charge in [-0.05, 0) is 35.0 Å². The van der Waals surface area contributed by atoms with Crippen molar-refractivity contribution in [3.63, 3.8) is 0 Å². The van der Waals surface area contributed by atoms with Gasteiger partial charge in [0.1, 0.15) is 12.1 Å². The largest absolute Gasteiger partial charge is 0.338 e. The highest BCUT2D eigenvalue weighted by Crippen LogP contribution is 2.23. The summed E-state index contributed by atoms with van der Waals surface area (Å²) >= 11 is 3.34. The highest BCUT2D eigenvalue weighted by Gasteiger charge is 2.14. The predicted molar refractivity (Wildman–Crippen MR) is 103 cm³/mol. The fraction of sp³-hybridized carbons (Fsp3) is 0.105. The van der Waals surface area contributed by atoms with Crippen molar-refractivity contribution in [2.45, 2.75) is 13.3 Å². The molecule has 2 N–H and O–H groups in total. The summed E-state index contributed by atoms with van der Waals surface area (Å²) in [6.45, 7) is 2.00. The van der Waals surface area contributed by atoms with E-state index in [0.717, 1.165) is 15.6 Å². The van der Waals surface area contributed by atoms with Crippen LogP contribution in [0.25, 0.3) is 11.3 Å². The molecule has 0 fully saturated rings. The molecule has 0 saturated heterocycles. The minimum absolute atomic E-state index is 0.194. The Labute approximate surface area is 158 Å². The zero-order chi connectivity index (χ0) is 18.5. The summed E-state index contributed by atoms with van der Waals surface area (Å²) in [5.74, 6) is -0.715. The Morgan fingerprint density at radius 3 is 2.46 bits per heavy atom. The maximum absolute atomic E-state index is 12.0. The van der Waals surface area contributed by atoms with Crippen molar-refractivity contribution >= 4 is 39.3 Å². The van der Waals surface area contributed by atoms with E-state index in [2.05, 4.69) is 31.7 Å². The van der Waals surface area contributed by atoms with Crippen LogP contribution >= 0.6 is 15.9 Å². The van der Waals surface area contributed by atoms with Crippen molar-refractivity contribution in [1.82, 2.24) is 5.16 Å². The first-order valence-corrected chi connectivity index (χ1v) is 8.68. The number of nitrogens with zero attached hydrogens (tertiary/aromatic N) is 1. The molecule has 3 aromatic rings. The SMILES string of the molecule is Cc1ccc(-c2cc(NC(=O)CC(=O)Nc3ccccc3Br)on2)cc1. The molecule has 0 atom stereocenters. The first-order chi connectivity index (χ1) is 12.5. The van der Waals surface area contributed by atoms with Crippen LogP contribution in [-0.4, -0.2) is 17.0 Å². The predicted octanol–water partition coefficient (Wildman–Crippen LogP) is 4.38. The van der Waals surface area contributed by atoms with E-state index in [1.165, 1.54) is 0 Å². The summed E-state index contributed by atoms with van der Waals surface area (Å²) in [7, 11) is 0. The van der Waals surface area contributed by atoms with Gasteiger partial charge in [0, 0.05) is 16.1 Å². The van der Waals surface area contributed by atoms with E-state index in [1.54, 1.807) is 24.3 Å². The van der Waals surface area contributed by atoms with E-state index in [9.17, 15) is 9.59 Å². The highest BCUT2D eigenvalue weighted by molar-refractivity contribution is 9.10. The monoisotopic (exact) mass is 413 g/mol. The van der Waals surface area contributed by atoms with Gasteiger partial charge in [-0.2, -0.15) is 0 Å². The van der Waals surface area contributed by atoms with Crippen molar-refractivity contribution in [3.05, 3.63) is 64.6 Å². The number of halogens is 1. The first-order valence-electron chi connectivity index (χ1n) is 7.89. The first kappa shape index (κ1) is 17.9. The molecule has 0 bridgehead atoms. The Balaban J connectivity index is 1.57. The number of hydrogen-bond donors (Lipinski definition) is 2. The molecule has 132 valence electrons. The number of amides is 2. The van der Waals surface area contributed by atoms with E-state index in [1.807, 2.05) is 37.3 Å². The maximum atomic E-state index is 12.0. The Bertz CT molecular complexity index is 935. The second kappa shape index (κ2) is 7.97. The number of nitrogens with one attached hydrogen (secondary N) is 2. The van der Waals surface area contributed by atoms with Gasteiger partial charge < -0.3 is 9.84 Å². The van der Waals surface area contributed by atoms with Crippen LogP contribution in [0.5, 0.6) is 0 Å². The molecule has 7 heteroatoms. The lowest BCUT2D eigenvalue weighted by atomic mass is 10.1. The summed E-state index contributed by atoms with van der Waals surface area (Å²) in [6, 6.07) is 16.6. The van der Waals surface area contributed by atoms with Gasteiger partial charge in [0.15, 0.2) is 0 Å². The third-order valence-corrected chi connectivity index (χ3v) is 4.28. The summed E-state index contributed by atoms with van der Waals surface area (Å²) in [5.41, 5.74) is 3.23. The number of carbonyl (C=O) groups is 2. The Kier molecular flexibility index (Phi) is 5.48. The van der Waals surface area contributed by atoms with E-state index in [-0.39, 0.29) is 12.3 Å². The number of aromatic nitrogens is 1. The molecule has 1 aromatic heterocycles. The van der Waals surface area contributed by atoms with E-state index in [0.29, 0.717) is 11.4 Å². The molecule has 0 radical (unpaired) electrons. The van der Waals surface area contributed by atoms with Gasteiger partial charge in [-0.3, -0.25) is 14.9 Å². The van der Waals surface area contributed by atoms with Crippen LogP contribution < -0.4 is 10.6 Å². The fourth-order valence-electron chi connectivity index (χ4n) is 2.28. The van der Waals surface area contributed by atoms with E-state index in [4.69, 9.17) is 4.52 Å². The normalized spacial score (nSPS) is 10.4. The number of para-hydroxylation sites is 1. The quantitative estimate of drug-likeness (QED) is 0.607. The van der Waals surface area contributed by atoms with Crippen LogP contribution in [0.15, 0.2) is 63.6 Å². The lowest BCUT2D eigenvalue weighted by Gasteiger charge is -2.06. The molecule has 0 aliphatic carbocycles. The Hall–Kier alpha value is -2.93. The van der Waals surface area contributed by atoms with Crippen LogP contribution in [0.4, 0.5) is 11.6 Å². The number of aryl methyl sites for hydroxylation is 1. The number of carbonyl (C=O) groups excluding carboxylic acids is 2. The zero-order valence-corrected chi connectivity index (χ0v) is 15.5. The summed E-state index contributed by atoms with van der Waals surface area (Å²) in [6.07, 6.45) is -0.331. The highest BCUT2D eigenvalue weighted by atomic mass is 79.9. The van der Waals surface area contributed by atoms with Gasteiger partial charge in [0.25, 0.3) is 0 Å². The molecule has 0 spiro atoms. The van der Waals surface area contributed by atoms with Crippen LogP contribution in [0.3, 0.4) is 0 Å². The second-order valence-electron chi connectivity index (χ2n) is 5.70. The van der Waals surface area contributed by atoms with Crippen molar-refractivity contribution < 1.29 is 14.1 Å². The van der Waals surface area contributed by atoms with Crippen molar-refractivity contribution in [2.24, 2.45) is 0 Å². The van der Waals surface area contributed by atoms with Gasteiger partial charge >= 0.3 is 0 Å². The van der Waals surface area contributed by atoms with Crippen molar-refractivity contribution in [3.8, 4) is 11.3 Å². The third-order valence-electron chi connectivity index (χ3n) is 3.59. The van der Waals surface area contributed by atoms with E-state index < -0.39 is 11.8 Å². The zero-order valence-electron chi connectivity index (χ0n) is 14.0. The molecule has 26 heavy (non-hydrogen) atoms. The smallest absolute Gasteiger partial charge is 0.236 e. The lowest BCUT2D eigenvalue weighted by Crippen LogP contribution is -2.21. The Morgan fingerprint density at radius 1 is 1.04 bits per heavy atom. The van der Waals surface area contributed by atoms with Crippen LogP contribution in [0.1, 0.15) is 12.0 Å².